The molecule has 0 amide bonds. The Balaban J connectivity index is 1.56. The smallest absolute Gasteiger partial charge is 0.0236 e. The molecule has 1 aliphatic carbocycles. The van der Waals surface area contributed by atoms with Gasteiger partial charge < -0.3 is 5.73 Å². The maximum atomic E-state index is 5.80. The molecular weight excluding hydrogens is 244 g/mol. The molecule has 110 valence electrons. The molecular formula is C18H28N2. The van der Waals surface area contributed by atoms with Gasteiger partial charge in [0, 0.05) is 13.1 Å². The fourth-order valence-electron chi connectivity index (χ4n) is 3.94. The molecule has 1 fully saturated rings. The molecule has 2 heteroatoms. The summed E-state index contributed by atoms with van der Waals surface area (Å²) in [6, 6.07) is 9.00. The van der Waals surface area contributed by atoms with Crippen molar-refractivity contribution in [2.75, 3.05) is 19.6 Å². The van der Waals surface area contributed by atoms with Gasteiger partial charge in [0.25, 0.3) is 0 Å². The Kier molecular flexibility index (Phi) is 4.74. The Morgan fingerprint density at radius 1 is 1.00 bits per heavy atom. The minimum absolute atomic E-state index is 0.802. The predicted octanol–water partition coefficient (Wildman–Crippen LogP) is 3.20. The van der Waals surface area contributed by atoms with Crippen LogP contribution in [0.15, 0.2) is 24.3 Å². The van der Waals surface area contributed by atoms with Crippen molar-refractivity contribution in [3.63, 3.8) is 0 Å². The van der Waals surface area contributed by atoms with Crippen LogP contribution in [0.5, 0.6) is 0 Å². The highest BCUT2D eigenvalue weighted by Crippen LogP contribution is 2.29. The predicted molar refractivity (Wildman–Crippen MR) is 84.5 cm³/mol. The SMILES string of the molecule is NCC1CCC(CN2CCCc3ccccc3C2)CC1. The second-order valence-corrected chi connectivity index (χ2v) is 6.73. The Labute approximate surface area is 123 Å². The summed E-state index contributed by atoms with van der Waals surface area (Å²) in [6.07, 6.45) is 8.05. The number of benzene rings is 1. The number of nitrogens with two attached hydrogens (primary N) is 1. The van der Waals surface area contributed by atoms with E-state index in [2.05, 4.69) is 29.2 Å². The van der Waals surface area contributed by atoms with Gasteiger partial charge in [-0.25, -0.2) is 0 Å². The highest BCUT2D eigenvalue weighted by atomic mass is 15.1. The second kappa shape index (κ2) is 6.73. The highest BCUT2D eigenvalue weighted by Gasteiger charge is 2.23. The first-order valence-electron chi connectivity index (χ1n) is 8.34. The van der Waals surface area contributed by atoms with Gasteiger partial charge >= 0.3 is 0 Å². The minimum Gasteiger partial charge on any atom is -0.330 e. The summed E-state index contributed by atoms with van der Waals surface area (Å²) >= 11 is 0. The molecule has 2 aliphatic rings. The van der Waals surface area contributed by atoms with Gasteiger partial charge in [-0.3, -0.25) is 4.90 Å². The van der Waals surface area contributed by atoms with Crippen molar-refractivity contribution in [3.8, 4) is 0 Å². The van der Waals surface area contributed by atoms with E-state index in [4.69, 9.17) is 5.73 Å². The number of hydrogen-bond donors (Lipinski definition) is 1. The van der Waals surface area contributed by atoms with E-state index in [-0.39, 0.29) is 0 Å². The molecule has 1 aromatic rings. The van der Waals surface area contributed by atoms with E-state index in [0.717, 1.165) is 24.9 Å². The van der Waals surface area contributed by atoms with Crippen molar-refractivity contribution in [2.24, 2.45) is 17.6 Å². The molecule has 2 N–H and O–H groups in total. The summed E-state index contributed by atoms with van der Waals surface area (Å²) in [5, 5.41) is 0. The Morgan fingerprint density at radius 3 is 2.45 bits per heavy atom. The number of aryl methyl sites for hydroxylation is 1. The average Bonchev–Trinajstić information content (AvgIpc) is 2.69. The van der Waals surface area contributed by atoms with Gasteiger partial charge in [-0.15, -0.1) is 0 Å². The molecule has 1 aromatic carbocycles. The van der Waals surface area contributed by atoms with Crippen LogP contribution in [0.25, 0.3) is 0 Å². The summed E-state index contributed by atoms with van der Waals surface area (Å²) in [5.41, 5.74) is 8.92. The van der Waals surface area contributed by atoms with E-state index in [0.29, 0.717) is 0 Å². The standard InChI is InChI=1S/C18H28N2/c19-12-15-7-9-16(10-8-15)13-20-11-3-6-17-4-1-2-5-18(17)14-20/h1-2,4-5,15-16H,3,6-14,19H2. The lowest BCUT2D eigenvalue weighted by atomic mass is 9.82. The van der Waals surface area contributed by atoms with Crippen LogP contribution in [0.3, 0.4) is 0 Å². The summed E-state index contributed by atoms with van der Waals surface area (Å²) in [7, 11) is 0. The lowest BCUT2D eigenvalue weighted by Gasteiger charge is -2.32. The average molecular weight is 272 g/mol. The van der Waals surface area contributed by atoms with Crippen LogP contribution in [0.2, 0.25) is 0 Å². The van der Waals surface area contributed by atoms with Crippen molar-refractivity contribution in [3.05, 3.63) is 35.4 Å². The molecule has 1 saturated carbocycles. The van der Waals surface area contributed by atoms with Gasteiger partial charge in [0.2, 0.25) is 0 Å². The molecule has 20 heavy (non-hydrogen) atoms. The van der Waals surface area contributed by atoms with E-state index < -0.39 is 0 Å². The van der Waals surface area contributed by atoms with Crippen molar-refractivity contribution >= 4 is 0 Å². The van der Waals surface area contributed by atoms with Crippen molar-refractivity contribution in [2.45, 2.75) is 45.1 Å². The number of rotatable bonds is 3. The fourth-order valence-corrected chi connectivity index (χ4v) is 3.94. The number of hydrogen-bond acceptors (Lipinski definition) is 2. The summed E-state index contributed by atoms with van der Waals surface area (Å²) in [5.74, 6) is 1.71. The Bertz CT molecular complexity index is 421. The molecule has 0 atom stereocenters. The second-order valence-electron chi connectivity index (χ2n) is 6.73. The fraction of sp³-hybridized carbons (Fsp3) is 0.667. The van der Waals surface area contributed by atoms with Crippen LogP contribution in [0.1, 0.15) is 43.2 Å². The van der Waals surface area contributed by atoms with Crippen LogP contribution in [0, 0.1) is 11.8 Å². The van der Waals surface area contributed by atoms with E-state index in [1.165, 1.54) is 51.6 Å². The molecule has 0 aromatic heterocycles. The molecule has 1 heterocycles. The molecule has 0 bridgehead atoms. The first-order valence-corrected chi connectivity index (χ1v) is 8.34. The first-order chi connectivity index (χ1) is 9.85. The molecule has 2 nitrogen and oxygen atoms in total. The summed E-state index contributed by atoms with van der Waals surface area (Å²) in [4.78, 5) is 2.69. The van der Waals surface area contributed by atoms with Gasteiger partial charge in [-0.1, -0.05) is 24.3 Å². The zero-order valence-electron chi connectivity index (χ0n) is 12.6. The highest BCUT2D eigenvalue weighted by molar-refractivity contribution is 5.28. The van der Waals surface area contributed by atoms with E-state index >= 15 is 0 Å². The van der Waals surface area contributed by atoms with Crippen molar-refractivity contribution in [1.82, 2.24) is 4.90 Å². The lowest BCUT2D eigenvalue weighted by molar-refractivity contribution is 0.178. The van der Waals surface area contributed by atoms with Gasteiger partial charge in [-0.2, -0.15) is 0 Å². The third-order valence-corrected chi connectivity index (χ3v) is 5.25. The van der Waals surface area contributed by atoms with Crippen LogP contribution < -0.4 is 5.73 Å². The molecule has 0 unspecified atom stereocenters. The minimum atomic E-state index is 0.802. The van der Waals surface area contributed by atoms with Crippen LogP contribution in [-0.4, -0.2) is 24.5 Å². The maximum Gasteiger partial charge on any atom is 0.0236 e. The third-order valence-electron chi connectivity index (χ3n) is 5.25. The van der Waals surface area contributed by atoms with E-state index in [1.54, 1.807) is 11.1 Å². The van der Waals surface area contributed by atoms with Crippen molar-refractivity contribution in [1.29, 1.82) is 0 Å². The molecule has 1 aliphatic heterocycles. The maximum absolute atomic E-state index is 5.80. The topological polar surface area (TPSA) is 29.3 Å². The molecule has 0 radical (unpaired) electrons. The largest absolute Gasteiger partial charge is 0.330 e. The van der Waals surface area contributed by atoms with Gasteiger partial charge in [0.15, 0.2) is 0 Å². The molecule has 3 rings (SSSR count). The molecule has 0 saturated heterocycles. The first kappa shape index (κ1) is 14.1. The zero-order valence-corrected chi connectivity index (χ0v) is 12.6. The summed E-state index contributed by atoms with van der Waals surface area (Å²) < 4.78 is 0. The van der Waals surface area contributed by atoms with Gasteiger partial charge in [-0.05, 0) is 74.6 Å². The Hall–Kier alpha value is -0.860. The summed E-state index contributed by atoms with van der Waals surface area (Å²) in [6.45, 7) is 4.62. The number of fused-ring (bicyclic) bond motifs is 1. The van der Waals surface area contributed by atoms with Gasteiger partial charge in [0.1, 0.15) is 0 Å². The number of nitrogens with zero attached hydrogens (tertiary/aromatic N) is 1. The normalized spacial score (nSPS) is 27.9. The van der Waals surface area contributed by atoms with E-state index in [1.807, 2.05) is 0 Å². The zero-order chi connectivity index (χ0) is 13.8. The van der Waals surface area contributed by atoms with Crippen LogP contribution in [-0.2, 0) is 13.0 Å². The lowest BCUT2D eigenvalue weighted by Crippen LogP contribution is -2.32. The van der Waals surface area contributed by atoms with Gasteiger partial charge in [0.05, 0.1) is 0 Å². The monoisotopic (exact) mass is 272 g/mol. The third kappa shape index (κ3) is 3.42. The van der Waals surface area contributed by atoms with Crippen LogP contribution in [0.4, 0.5) is 0 Å². The Morgan fingerprint density at radius 2 is 1.70 bits per heavy atom. The van der Waals surface area contributed by atoms with Crippen LogP contribution >= 0.6 is 0 Å². The molecule has 0 spiro atoms. The van der Waals surface area contributed by atoms with Crippen molar-refractivity contribution < 1.29 is 0 Å². The quantitative estimate of drug-likeness (QED) is 0.915. The van der Waals surface area contributed by atoms with E-state index in [9.17, 15) is 0 Å².